The van der Waals surface area contributed by atoms with Crippen molar-refractivity contribution in [1.82, 2.24) is 10.2 Å². The van der Waals surface area contributed by atoms with E-state index in [1.54, 1.807) is 7.11 Å². The van der Waals surface area contributed by atoms with Crippen molar-refractivity contribution >= 4 is 5.91 Å². The van der Waals surface area contributed by atoms with Crippen molar-refractivity contribution in [1.29, 1.82) is 0 Å². The number of amides is 1. The maximum Gasteiger partial charge on any atom is 0.239 e. The van der Waals surface area contributed by atoms with Crippen LogP contribution in [0.15, 0.2) is 0 Å². The molecule has 0 aromatic carbocycles. The van der Waals surface area contributed by atoms with Crippen molar-refractivity contribution in [2.45, 2.75) is 31.7 Å². The first-order chi connectivity index (χ1) is 8.24. The third-order valence-corrected chi connectivity index (χ3v) is 4.23. The number of methoxy groups -OCH3 is 1. The molecule has 1 amide bonds. The Bertz CT molecular complexity index is 270. The molecule has 4 nitrogen and oxygen atoms in total. The number of nitrogens with zero attached hydrogens (tertiary/aromatic N) is 1. The van der Waals surface area contributed by atoms with E-state index >= 15 is 0 Å². The molecule has 1 saturated carbocycles. The topological polar surface area (TPSA) is 41.6 Å². The van der Waals surface area contributed by atoms with Crippen molar-refractivity contribution in [2.24, 2.45) is 11.8 Å². The summed E-state index contributed by atoms with van der Waals surface area (Å²) in [6, 6.07) is 0.0787. The summed E-state index contributed by atoms with van der Waals surface area (Å²) in [6.07, 6.45) is 4.74. The van der Waals surface area contributed by atoms with Gasteiger partial charge in [-0.25, -0.2) is 0 Å². The van der Waals surface area contributed by atoms with Gasteiger partial charge in [0.15, 0.2) is 0 Å². The Morgan fingerprint density at radius 3 is 3.06 bits per heavy atom. The minimum Gasteiger partial charge on any atom is -0.385 e. The Balaban J connectivity index is 1.82. The van der Waals surface area contributed by atoms with Gasteiger partial charge in [-0.2, -0.15) is 0 Å². The van der Waals surface area contributed by atoms with E-state index in [0.717, 1.165) is 32.0 Å². The molecule has 0 radical (unpaired) electrons. The number of nitrogens with one attached hydrogen (secondary N) is 1. The van der Waals surface area contributed by atoms with E-state index in [0.29, 0.717) is 5.92 Å². The highest BCUT2D eigenvalue weighted by Crippen LogP contribution is 2.38. The molecule has 0 aromatic rings. The van der Waals surface area contributed by atoms with Crippen molar-refractivity contribution < 1.29 is 9.53 Å². The lowest BCUT2D eigenvalue weighted by Gasteiger charge is -2.24. The van der Waals surface area contributed by atoms with E-state index in [1.807, 2.05) is 11.9 Å². The number of rotatable bonds is 5. The van der Waals surface area contributed by atoms with Crippen molar-refractivity contribution in [2.75, 3.05) is 33.9 Å². The van der Waals surface area contributed by atoms with E-state index in [9.17, 15) is 4.79 Å². The van der Waals surface area contributed by atoms with Crippen LogP contribution in [0.2, 0.25) is 0 Å². The fourth-order valence-corrected chi connectivity index (χ4v) is 3.25. The van der Waals surface area contributed by atoms with Gasteiger partial charge in [-0.15, -0.1) is 0 Å². The van der Waals surface area contributed by atoms with Crippen LogP contribution in [0.1, 0.15) is 25.7 Å². The number of fused-ring (bicyclic) bond motifs is 1. The summed E-state index contributed by atoms with van der Waals surface area (Å²) >= 11 is 0. The molecule has 3 atom stereocenters. The van der Waals surface area contributed by atoms with Crippen LogP contribution in [0.3, 0.4) is 0 Å². The molecule has 0 spiro atoms. The maximum atomic E-state index is 12.3. The Kier molecular flexibility index (Phi) is 4.40. The van der Waals surface area contributed by atoms with Crippen LogP contribution in [0.4, 0.5) is 0 Å². The predicted octanol–water partition coefficient (Wildman–Crippen LogP) is 0.869. The van der Waals surface area contributed by atoms with Crippen LogP contribution < -0.4 is 5.32 Å². The second-order valence-electron chi connectivity index (χ2n) is 5.35. The van der Waals surface area contributed by atoms with Gasteiger partial charge in [0.05, 0.1) is 6.04 Å². The molecule has 98 valence electrons. The second-order valence-corrected chi connectivity index (χ2v) is 5.35. The standard InChI is InChI=1S/C13H24N2O2/c1-15(7-4-8-17-2)13(16)12-11-6-3-5-10(11)9-14-12/h10-12,14H,3-9H2,1-2H3. The Morgan fingerprint density at radius 1 is 1.47 bits per heavy atom. The maximum absolute atomic E-state index is 12.3. The largest absolute Gasteiger partial charge is 0.385 e. The monoisotopic (exact) mass is 240 g/mol. The van der Waals surface area contributed by atoms with E-state index in [1.165, 1.54) is 19.3 Å². The van der Waals surface area contributed by atoms with Crippen LogP contribution in [0.5, 0.6) is 0 Å². The second kappa shape index (κ2) is 5.83. The molecule has 17 heavy (non-hydrogen) atoms. The van der Waals surface area contributed by atoms with Crippen LogP contribution in [-0.4, -0.2) is 50.7 Å². The number of hydrogen-bond acceptors (Lipinski definition) is 3. The van der Waals surface area contributed by atoms with Gasteiger partial charge in [-0.1, -0.05) is 6.42 Å². The normalized spacial score (nSPS) is 31.5. The van der Waals surface area contributed by atoms with Crippen molar-refractivity contribution in [3.05, 3.63) is 0 Å². The molecule has 1 saturated heterocycles. The van der Waals surface area contributed by atoms with Gasteiger partial charge in [-0.3, -0.25) is 4.79 Å². The van der Waals surface area contributed by atoms with E-state index < -0.39 is 0 Å². The number of carbonyl (C=O) groups is 1. The molecular formula is C13H24N2O2. The van der Waals surface area contributed by atoms with Crippen LogP contribution >= 0.6 is 0 Å². The summed E-state index contributed by atoms with van der Waals surface area (Å²) in [4.78, 5) is 14.2. The summed E-state index contributed by atoms with van der Waals surface area (Å²) in [6.45, 7) is 2.55. The van der Waals surface area contributed by atoms with E-state index in [4.69, 9.17) is 4.74 Å². The first-order valence-corrected chi connectivity index (χ1v) is 6.71. The zero-order valence-electron chi connectivity index (χ0n) is 10.9. The minimum absolute atomic E-state index is 0.0787. The zero-order valence-corrected chi connectivity index (χ0v) is 10.9. The predicted molar refractivity (Wildman–Crippen MR) is 66.8 cm³/mol. The lowest BCUT2D eigenvalue weighted by molar-refractivity contribution is -0.133. The summed E-state index contributed by atoms with van der Waals surface area (Å²) in [7, 11) is 3.60. The van der Waals surface area contributed by atoms with Gasteiger partial charge in [-0.05, 0) is 37.6 Å². The van der Waals surface area contributed by atoms with Crippen LogP contribution in [-0.2, 0) is 9.53 Å². The number of carbonyl (C=O) groups excluding carboxylic acids is 1. The molecule has 4 heteroatoms. The molecule has 0 bridgehead atoms. The Morgan fingerprint density at radius 2 is 2.29 bits per heavy atom. The molecule has 1 heterocycles. The summed E-state index contributed by atoms with van der Waals surface area (Å²) in [5.41, 5.74) is 0. The fraction of sp³-hybridized carbons (Fsp3) is 0.923. The quantitative estimate of drug-likeness (QED) is 0.725. The third kappa shape index (κ3) is 2.80. The summed E-state index contributed by atoms with van der Waals surface area (Å²) in [5, 5.41) is 3.41. The molecule has 2 aliphatic rings. The molecule has 1 N–H and O–H groups in total. The van der Waals surface area contributed by atoms with Crippen molar-refractivity contribution in [3.8, 4) is 0 Å². The number of likely N-dealkylation sites (N-methyl/N-ethyl adjacent to an activating group) is 1. The molecule has 2 fully saturated rings. The summed E-state index contributed by atoms with van der Waals surface area (Å²) < 4.78 is 5.01. The Labute approximate surface area is 104 Å². The van der Waals surface area contributed by atoms with E-state index in [-0.39, 0.29) is 11.9 Å². The molecular weight excluding hydrogens is 216 g/mol. The van der Waals surface area contributed by atoms with Crippen LogP contribution in [0, 0.1) is 11.8 Å². The SMILES string of the molecule is COCCCN(C)C(=O)C1NCC2CCCC21. The highest BCUT2D eigenvalue weighted by atomic mass is 16.5. The first kappa shape index (κ1) is 12.8. The fourth-order valence-electron chi connectivity index (χ4n) is 3.25. The van der Waals surface area contributed by atoms with Gasteiger partial charge < -0.3 is 15.0 Å². The lowest BCUT2D eigenvalue weighted by Crippen LogP contribution is -2.45. The molecule has 1 aliphatic heterocycles. The molecule has 1 aliphatic carbocycles. The molecule has 0 aromatic heterocycles. The van der Waals surface area contributed by atoms with Gasteiger partial charge in [0, 0.05) is 27.3 Å². The Hall–Kier alpha value is -0.610. The third-order valence-electron chi connectivity index (χ3n) is 4.23. The van der Waals surface area contributed by atoms with Gasteiger partial charge in [0.25, 0.3) is 0 Å². The molecule has 2 rings (SSSR count). The van der Waals surface area contributed by atoms with Crippen LogP contribution in [0.25, 0.3) is 0 Å². The van der Waals surface area contributed by atoms with E-state index in [2.05, 4.69) is 5.32 Å². The zero-order chi connectivity index (χ0) is 12.3. The number of ether oxygens (including phenoxy) is 1. The highest BCUT2D eigenvalue weighted by Gasteiger charge is 2.43. The van der Waals surface area contributed by atoms with Gasteiger partial charge in [0.1, 0.15) is 0 Å². The smallest absolute Gasteiger partial charge is 0.239 e. The minimum atomic E-state index is 0.0787. The highest BCUT2D eigenvalue weighted by molar-refractivity contribution is 5.82. The first-order valence-electron chi connectivity index (χ1n) is 6.71. The van der Waals surface area contributed by atoms with Crippen molar-refractivity contribution in [3.63, 3.8) is 0 Å². The average Bonchev–Trinajstić information content (AvgIpc) is 2.90. The number of hydrogen-bond donors (Lipinski definition) is 1. The summed E-state index contributed by atoms with van der Waals surface area (Å²) in [5.74, 6) is 1.61. The average molecular weight is 240 g/mol. The molecule has 3 unspecified atom stereocenters. The lowest BCUT2D eigenvalue weighted by atomic mass is 9.93. The van der Waals surface area contributed by atoms with Gasteiger partial charge in [0.2, 0.25) is 5.91 Å². The van der Waals surface area contributed by atoms with Gasteiger partial charge >= 0.3 is 0 Å².